The van der Waals surface area contributed by atoms with Crippen molar-refractivity contribution in [2.75, 3.05) is 6.54 Å². The van der Waals surface area contributed by atoms with E-state index in [1.807, 2.05) is 25.4 Å². The average molecular weight is 179 g/mol. The summed E-state index contributed by atoms with van der Waals surface area (Å²) in [6, 6.07) is 0. The number of hydrogen-bond donors (Lipinski definition) is 1. The van der Waals surface area contributed by atoms with Crippen LogP contribution in [0.1, 0.15) is 12.5 Å². The van der Waals surface area contributed by atoms with Gasteiger partial charge in [0.15, 0.2) is 0 Å². The van der Waals surface area contributed by atoms with Crippen molar-refractivity contribution in [3.8, 4) is 0 Å². The zero-order valence-electron chi connectivity index (χ0n) is 7.82. The third kappa shape index (κ3) is 3.55. The molecule has 1 N–H and O–H groups in total. The van der Waals surface area contributed by atoms with Gasteiger partial charge in [0.2, 0.25) is 5.91 Å². The Morgan fingerprint density at radius 1 is 1.77 bits per heavy atom. The minimum Gasteiger partial charge on any atom is -0.353 e. The molecule has 0 saturated heterocycles. The second-order valence-corrected chi connectivity index (χ2v) is 2.79. The maximum absolute atomic E-state index is 10.5. The maximum atomic E-state index is 10.5. The molecular weight excluding hydrogens is 166 g/mol. The number of carbonyl (C=O) groups excluding carboxylic acids is 1. The standard InChI is InChI=1S/C9H13N3O/c1-8(13)10-5-3-4-9-6-11-12(2)7-9/h3-4,6-7H,5H2,1-2H3,(H,10,13). The molecule has 0 spiro atoms. The van der Waals surface area contributed by atoms with E-state index in [1.54, 1.807) is 10.9 Å². The van der Waals surface area contributed by atoms with Crippen LogP contribution in [0, 0.1) is 0 Å². The Balaban J connectivity index is 2.36. The lowest BCUT2D eigenvalue weighted by molar-refractivity contribution is -0.118. The zero-order chi connectivity index (χ0) is 9.68. The summed E-state index contributed by atoms with van der Waals surface area (Å²) in [5, 5.41) is 6.68. The summed E-state index contributed by atoms with van der Waals surface area (Å²) >= 11 is 0. The highest BCUT2D eigenvalue weighted by atomic mass is 16.1. The molecule has 70 valence electrons. The molecule has 0 saturated carbocycles. The van der Waals surface area contributed by atoms with E-state index < -0.39 is 0 Å². The number of aryl methyl sites for hydroxylation is 1. The van der Waals surface area contributed by atoms with Crippen LogP contribution in [-0.2, 0) is 11.8 Å². The smallest absolute Gasteiger partial charge is 0.217 e. The van der Waals surface area contributed by atoms with Gasteiger partial charge in [0.25, 0.3) is 0 Å². The van der Waals surface area contributed by atoms with Gasteiger partial charge in [-0.1, -0.05) is 12.2 Å². The van der Waals surface area contributed by atoms with Crippen LogP contribution in [0.15, 0.2) is 18.5 Å². The van der Waals surface area contributed by atoms with Gasteiger partial charge in [0.1, 0.15) is 0 Å². The van der Waals surface area contributed by atoms with Gasteiger partial charge in [-0.3, -0.25) is 9.48 Å². The van der Waals surface area contributed by atoms with Crippen molar-refractivity contribution in [2.45, 2.75) is 6.92 Å². The van der Waals surface area contributed by atoms with Crippen LogP contribution in [0.5, 0.6) is 0 Å². The van der Waals surface area contributed by atoms with Crippen molar-refractivity contribution in [1.82, 2.24) is 15.1 Å². The van der Waals surface area contributed by atoms with E-state index in [0.717, 1.165) is 5.56 Å². The van der Waals surface area contributed by atoms with E-state index in [-0.39, 0.29) is 5.91 Å². The molecular formula is C9H13N3O. The lowest BCUT2D eigenvalue weighted by Gasteiger charge is -1.93. The minimum absolute atomic E-state index is 0.0177. The van der Waals surface area contributed by atoms with Crippen LogP contribution < -0.4 is 5.32 Å². The average Bonchev–Trinajstić information content (AvgIpc) is 2.45. The number of aromatic nitrogens is 2. The van der Waals surface area contributed by atoms with Crippen LogP contribution >= 0.6 is 0 Å². The SMILES string of the molecule is CC(=O)NCC=Cc1cnn(C)c1. The van der Waals surface area contributed by atoms with Gasteiger partial charge in [-0.25, -0.2) is 0 Å². The fraction of sp³-hybridized carbons (Fsp3) is 0.333. The molecule has 1 aromatic rings. The molecule has 1 heterocycles. The van der Waals surface area contributed by atoms with E-state index in [1.165, 1.54) is 6.92 Å². The fourth-order valence-electron chi connectivity index (χ4n) is 0.924. The molecule has 0 radical (unpaired) electrons. The van der Waals surface area contributed by atoms with Gasteiger partial charge in [-0.15, -0.1) is 0 Å². The molecule has 0 unspecified atom stereocenters. The Hall–Kier alpha value is -1.58. The lowest BCUT2D eigenvalue weighted by atomic mass is 10.3. The molecule has 1 aromatic heterocycles. The Labute approximate surface area is 77.3 Å². The molecule has 4 nitrogen and oxygen atoms in total. The number of nitrogens with zero attached hydrogens (tertiary/aromatic N) is 2. The molecule has 4 heteroatoms. The third-order valence-electron chi connectivity index (χ3n) is 1.50. The first-order valence-corrected chi connectivity index (χ1v) is 4.08. The van der Waals surface area contributed by atoms with Gasteiger partial charge in [0, 0.05) is 32.3 Å². The normalized spacial score (nSPS) is 10.6. The lowest BCUT2D eigenvalue weighted by Crippen LogP contribution is -2.19. The molecule has 0 fully saturated rings. The fourth-order valence-corrected chi connectivity index (χ4v) is 0.924. The Morgan fingerprint density at radius 2 is 2.54 bits per heavy atom. The van der Waals surface area contributed by atoms with E-state index in [9.17, 15) is 4.79 Å². The first-order chi connectivity index (χ1) is 6.18. The second-order valence-electron chi connectivity index (χ2n) is 2.79. The predicted molar refractivity (Wildman–Crippen MR) is 50.9 cm³/mol. The first-order valence-electron chi connectivity index (χ1n) is 4.08. The molecule has 0 aromatic carbocycles. The van der Waals surface area contributed by atoms with Crippen LogP contribution in [0.2, 0.25) is 0 Å². The maximum Gasteiger partial charge on any atom is 0.217 e. The summed E-state index contributed by atoms with van der Waals surface area (Å²) in [7, 11) is 1.87. The predicted octanol–water partition coefficient (Wildman–Crippen LogP) is 0.569. The molecule has 1 rings (SSSR count). The summed E-state index contributed by atoms with van der Waals surface area (Å²) in [5.74, 6) is -0.0177. The van der Waals surface area contributed by atoms with Gasteiger partial charge >= 0.3 is 0 Å². The minimum atomic E-state index is -0.0177. The van der Waals surface area contributed by atoms with Crippen molar-refractivity contribution < 1.29 is 4.79 Å². The largest absolute Gasteiger partial charge is 0.353 e. The van der Waals surface area contributed by atoms with Crippen molar-refractivity contribution in [2.24, 2.45) is 7.05 Å². The highest BCUT2D eigenvalue weighted by Crippen LogP contribution is 1.97. The first kappa shape index (κ1) is 9.51. The molecule has 13 heavy (non-hydrogen) atoms. The van der Waals surface area contributed by atoms with Crippen molar-refractivity contribution in [1.29, 1.82) is 0 Å². The molecule has 0 aliphatic heterocycles. The highest BCUT2D eigenvalue weighted by molar-refractivity contribution is 5.73. The summed E-state index contributed by atoms with van der Waals surface area (Å²) < 4.78 is 1.73. The van der Waals surface area contributed by atoms with Crippen molar-refractivity contribution in [3.63, 3.8) is 0 Å². The Kier molecular flexibility index (Phi) is 3.25. The van der Waals surface area contributed by atoms with E-state index >= 15 is 0 Å². The van der Waals surface area contributed by atoms with Gasteiger partial charge in [0.05, 0.1) is 6.20 Å². The van der Waals surface area contributed by atoms with E-state index in [0.29, 0.717) is 6.54 Å². The summed E-state index contributed by atoms with van der Waals surface area (Å²) in [4.78, 5) is 10.5. The Bertz CT molecular complexity index is 314. The quantitative estimate of drug-likeness (QED) is 0.737. The number of amides is 1. The van der Waals surface area contributed by atoms with Gasteiger partial charge < -0.3 is 5.32 Å². The Morgan fingerprint density at radius 3 is 3.08 bits per heavy atom. The van der Waals surface area contributed by atoms with Crippen LogP contribution in [0.3, 0.4) is 0 Å². The summed E-state index contributed by atoms with van der Waals surface area (Å²) in [6.45, 7) is 2.06. The molecule has 0 aliphatic rings. The third-order valence-corrected chi connectivity index (χ3v) is 1.50. The van der Waals surface area contributed by atoms with Gasteiger partial charge in [-0.2, -0.15) is 5.10 Å². The van der Waals surface area contributed by atoms with Crippen molar-refractivity contribution >= 4 is 12.0 Å². The van der Waals surface area contributed by atoms with Gasteiger partial charge in [-0.05, 0) is 0 Å². The van der Waals surface area contributed by atoms with Crippen LogP contribution in [-0.4, -0.2) is 22.2 Å². The van der Waals surface area contributed by atoms with E-state index in [4.69, 9.17) is 0 Å². The number of nitrogens with one attached hydrogen (secondary N) is 1. The second kappa shape index (κ2) is 4.45. The van der Waals surface area contributed by atoms with Crippen molar-refractivity contribution in [3.05, 3.63) is 24.0 Å². The molecule has 1 amide bonds. The highest BCUT2D eigenvalue weighted by Gasteiger charge is 1.89. The zero-order valence-corrected chi connectivity index (χ0v) is 7.82. The topological polar surface area (TPSA) is 46.9 Å². The summed E-state index contributed by atoms with van der Waals surface area (Å²) in [6.07, 6.45) is 7.48. The monoisotopic (exact) mass is 179 g/mol. The summed E-state index contributed by atoms with van der Waals surface area (Å²) in [5.41, 5.74) is 1.04. The van der Waals surface area contributed by atoms with Crippen LogP contribution in [0.4, 0.5) is 0 Å². The number of carbonyl (C=O) groups is 1. The number of hydrogen-bond acceptors (Lipinski definition) is 2. The molecule has 0 bridgehead atoms. The molecule has 0 atom stereocenters. The van der Waals surface area contributed by atoms with Crippen LogP contribution in [0.25, 0.3) is 6.08 Å². The molecule has 0 aliphatic carbocycles. The number of rotatable bonds is 3. The van der Waals surface area contributed by atoms with E-state index in [2.05, 4.69) is 10.4 Å².